The highest BCUT2D eigenvalue weighted by Gasteiger charge is 2.26. The zero-order valence-electron chi connectivity index (χ0n) is 8.44. The normalized spacial score (nSPS) is 26.7. The van der Waals surface area contributed by atoms with Gasteiger partial charge in [0.2, 0.25) is 0 Å². The lowest BCUT2D eigenvalue weighted by Crippen LogP contribution is -2.10. The van der Waals surface area contributed by atoms with Crippen LogP contribution in [0.25, 0.3) is 0 Å². The Hall–Kier alpha value is -0.470. The van der Waals surface area contributed by atoms with Gasteiger partial charge in [0.25, 0.3) is 0 Å². The molecular weight excluding hydrogens is 192 g/mol. The third-order valence-electron chi connectivity index (χ3n) is 3.02. The van der Waals surface area contributed by atoms with Crippen LogP contribution in [0.15, 0.2) is 29.2 Å². The van der Waals surface area contributed by atoms with Crippen LogP contribution in [-0.2, 0) is 0 Å². The molecule has 1 saturated carbocycles. The lowest BCUT2D eigenvalue weighted by Gasteiger charge is -2.14. The average Bonchev–Trinajstić information content (AvgIpc) is 2.65. The molecule has 1 nitrogen and oxygen atoms in total. The molecule has 0 saturated heterocycles. The molecule has 1 aromatic rings. The fraction of sp³-hybridized carbons (Fsp3) is 0.500. The van der Waals surface area contributed by atoms with Gasteiger partial charge in [-0.25, -0.2) is 0 Å². The molecule has 1 aliphatic rings. The number of hydrogen-bond acceptors (Lipinski definition) is 2. The van der Waals surface area contributed by atoms with Crippen LogP contribution in [0.5, 0.6) is 0 Å². The summed E-state index contributed by atoms with van der Waals surface area (Å²) in [5.41, 5.74) is 1.30. The lowest BCUT2D eigenvalue weighted by molar-refractivity contribution is 0.164. The summed E-state index contributed by atoms with van der Waals surface area (Å²) in [5, 5.41) is 9.76. The van der Waals surface area contributed by atoms with Crippen LogP contribution < -0.4 is 0 Å². The first-order valence-corrected chi connectivity index (χ1v) is 6.36. The standard InChI is InChI=1S/C12H16OS/c1-14-10-7-5-9(6-8-10)11-3-2-4-12(11)13/h5-8,11-13H,2-4H2,1H3. The summed E-state index contributed by atoms with van der Waals surface area (Å²) in [5.74, 6) is 0.380. The quantitative estimate of drug-likeness (QED) is 0.754. The summed E-state index contributed by atoms with van der Waals surface area (Å²) in [7, 11) is 0. The van der Waals surface area contributed by atoms with Crippen LogP contribution in [0.2, 0.25) is 0 Å². The Morgan fingerprint density at radius 1 is 1.21 bits per heavy atom. The zero-order chi connectivity index (χ0) is 9.97. The van der Waals surface area contributed by atoms with Gasteiger partial charge in [-0.2, -0.15) is 0 Å². The van der Waals surface area contributed by atoms with E-state index in [1.54, 1.807) is 11.8 Å². The lowest BCUT2D eigenvalue weighted by atomic mass is 9.96. The second-order valence-corrected chi connectivity index (χ2v) is 4.76. The summed E-state index contributed by atoms with van der Waals surface area (Å²) < 4.78 is 0. The maximum Gasteiger partial charge on any atom is 0.0608 e. The molecule has 0 aliphatic heterocycles. The third-order valence-corrected chi connectivity index (χ3v) is 3.77. The molecule has 0 aromatic heterocycles. The first-order chi connectivity index (χ1) is 6.81. The molecule has 1 N–H and O–H groups in total. The van der Waals surface area contributed by atoms with E-state index in [1.807, 2.05) is 0 Å². The molecular formula is C12H16OS. The van der Waals surface area contributed by atoms with Crippen LogP contribution in [0.4, 0.5) is 0 Å². The topological polar surface area (TPSA) is 20.2 Å². The monoisotopic (exact) mass is 208 g/mol. The maximum atomic E-state index is 9.76. The van der Waals surface area contributed by atoms with E-state index < -0.39 is 0 Å². The van der Waals surface area contributed by atoms with Crippen LogP contribution >= 0.6 is 11.8 Å². The first-order valence-electron chi connectivity index (χ1n) is 5.13. The largest absolute Gasteiger partial charge is 0.392 e. The SMILES string of the molecule is CSc1ccc(C2CCCC2O)cc1. The highest BCUT2D eigenvalue weighted by Crippen LogP contribution is 2.34. The van der Waals surface area contributed by atoms with Gasteiger partial charge in [-0.05, 0) is 36.8 Å². The number of hydrogen-bond donors (Lipinski definition) is 1. The van der Waals surface area contributed by atoms with Gasteiger partial charge in [0.15, 0.2) is 0 Å². The molecule has 2 unspecified atom stereocenters. The summed E-state index contributed by atoms with van der Waals surface area (Å²) in [6, 6.07) is 8.60. The Morgan fingerprint density at radius 2 is 1.93 bits per heavy atom. The fourth-order valence-electron chi connectivity index (χ4n) is 2.18. The number of aliphatic hydroxyl groups excluding tert-OH is 1. The molecule has 1 aromatic carbocycles. The molecule has 0 heterocycles. The van der Waals surface area contributed by atoms with E-state index in [9.17, 15) is 5.11 Å². The van der Waals surface area contributed by atoms with E-state index in [0.717, 1.165) is 19.3 Å². The van der Waals surface area contributed by atoms with E-state index in [4.69, 9.17) is 0 Å². The summed E-state index contributed by atoms with van der Waals surface area (Å²) in [4.78, 5) is 1.29. The van der Waals surface area contributed by atoms with Crippen molar-refractivity contribution in [3.8, 4) is 0 Å². The van der Waals surface area contributed by atoms with Crippen molar-refractivity contribution in [2.45, 2.75) is 36.2 Å². The van der Waals surface area contributed by atoms with Gasteiger partial charge in [0, 0.05) is 10.8 Å². The summed E-state index contributed by atoms with van der Waals surface area (Å²) in [6.07, 6.45) is 5.24. The minimum Gasteiger partial charge on any atom is -0.392 e. The predicted octanol–water partition coefficient (Wildman–Crippen LogP) is 3.04. The minimum absolute atomic E-state index is 0.116. The van der Waals surface area contributed by atoms with Gasteiger partial charge < -0.3 is 5.11 Å². The van der Waals surface area contributed by atoms with E-state index in [-0.39, 0.29) is 6.10 Å². The second-order valence-electron chi connectivity index (χ2n) is 3.88. The fourth-order valence-corrected chi connectivity index (χ4v) is 2.59. The second kappa shape index (κ2) is 4.37. The maximum absolute atomic E-state index is 9.76. The van der Waals surface area contributed by atoms with Crippen molar-refractivity contribution in [1.82, 2.24) is 0 Å². The molecule has 1 aliphatic carbocycles. The van der Waals surface area contributed by atoms with Gasteiger partial charge in [0.1, 0.15) is 0 Å². The van der Waals surface area contributed by atoms with Crippen LogP contribution in [0.1, 0.15) is 30.7 Å². The van der Waals surface area contributed by atoms with Crippen LogP contribution in [0, 0.1) is 0 Å². The highest BCUT2D eigenvalue weighted by atomic mass is 32.2. The Labute approximate surface area is 89.5 Å². The van der Waals surface area contributed by atoms with E-state index in [1.165, 1.54) is 10.5 Å². The van der Waals surface area contributed by atoms with E-state index in [2.05, 4.69) is 30.5 Å². The van der Waals surface area contributed by atoms with Gasteiger partial charge >= 0.3 is 0 Å². The molecule has 0 amide bonds. The van der Waals surface area contributed by atoms with Crippen molar-refractivity contribution in [2.75, 3.05) is 6.26 Å². The molecule has 2 atom stereocenters. The van der Waals surface area contributed by atoms with Gasteiger partial charge in [-0.1, -0.05) is 18.6 Å². The van der Waals surface area contributed by atoms with E-state index >= 15 is 0 Å². The Morgan fingerprint density at radius 3 is 2.43 bits per heavy atom. The molecule has 1 fully saturated rings. The number of thioether (sulfide) groups is 1. The highest BCUT2D eigenvalue weighted by molar-refractivity contribution is 7.98. The molecule has 0 bridgehead atoms. The first kappa shape index (κ1) is 10.1. The van der Waals surface area contributed by atoms with Crippen molar-refractivity contribution >= 4 is 11.8 Å². The summed E-state index contributed by atoms with van der Waals surface area (Å²) >= 11 is 1.76. The number of rotatable bonds is 2. The zero-order valence-corrected chi connectivity index (χ0v) is 9.26. The number of aliphatic hydroxyl groups is 1. The molecule has 2 rings (SSSR count). The van der Waals surface area contributed by atoms with Crippen LogP contribution in [0.3, 0.4) is 0 Å². The van der Waals surface area contributed by atoms with Gasteiger partial charge in [-0.15, -0.1) is 11.8 Å². The summed E-state index contributed by atoms with van der Waals surface area (Å²) in [6.45, 7) is 0. The predicted molar refractivity (Wildman–Crippen MR) is 60.8 cm³/mol. The molecule has 76 valence electrons. The Balaban J connectivity index is 2.16. The van der Waals surface area contributed by atoms with Gasteiger partial charge in [0.05, 0.1) is 6.10 Å². The van der Waals surface area contributed by atoms with Gasteiger partial charge in [-0.3, -0.25) is 0 Å². The van der Waals surface area contributed by atoms with Crippen molar-refractivity contribution in [2.24, 2.45) is 0 Å². The molecule has 14 heavy (non-hydrogen) atoms. The van der Waals surface area contributed by atoms with Crippen molar-refractivity contribution in [1.29, 1.82) is 0 Å². The Kier molecular flexibility index (Phi) is 3.14. The number of benzene rings is 1. The minimum atomic E-state index is -0.116. The van der Waals surface area contributed by atoms with Crippen molar-refractivity contribution in [3.63, 3.8) is 0 Å². The Bertz CT molecular complexity index is 294. The van der Waals surface area contributed by atoms with Crippen molar-refractivity contribution < 1.29 is 5.11 Å². The molecule has 0 spiro atoms. The third kappa shape index (κ3) is 1.96. The smallest absolute Gasteiger partial charge is 0.0608 e. The molecule has 2 heteroatoms. The van der Waals surface area contributed by atoms with E-state index in [0.29, 0.717) is 5.92 Å². The average molecular weight is 208 g/mol. The van der Waals surface area contributed by atoms with Crippen LogP contribution in [-0.4, -0.2) is 17.5 Å². The molecule has 0 radical (unpaired) electrons. The van der Waals surface area contributed by atoms with Crippen molar-refractivity contribution in [3.05, 3.63) is 29.8 Å².